The summed E-state index contributed by atoms with van der Waals surface area (Å²) in [6.45, 7) is 5.50. The van der Waals surface area contributed by atoms with Gasteiger partial charge in [-0.1, -0.05) is 12.1 Å². The highest BCUT2D eigenvalue weighted by atomic mass is 32.2. The van der Waals surface area contributed by atoms with E-state index < -0.39 is 10.1 Å². The third-order valence-electron chi connectivity index (χ3n) is 2.89. The maximum Gasteiger partial charge on any atom is 0.294 e. The lowest BCUT2D eigenvalue weighted by Crippen LogP contribution is -2.10. The van der Waals surface area contributed by atoms with Crippen molar-refractivity contribution in [3.8, 4) is 0 Å². The molecular formula is C13H18O4S. The van der Waals surface area contributed by atoms with Crippen LogP contribution in [-0.4, -0.2) is 24.7 Å². The van der Waals surface area contributed by atoms with E-state index in [2.05, 4.69) is 6.58 Å². The largest absolute Gasteiger partial charge is 0.396 e. The Morgan fingerprint density at radius 1 is 1.44 bits per heavy atom. The predicted molar refractivity (Wildman–Crippen MR) is 70.1 cm³/mol. The zero-order valence-corrected chi connectivity index (χ0v) is 11.2. The molecule has 1 unspecified atom stereocenters. The molecule has 1 aromatic rings. The normalized spacial score (nSPS) is 13.3. The van der Waals surface area contributed by atoms with Gasteiger partial charge in [-0.05, 0) is 48.9 Å². The van der Waals surface area contributed by atoms with Crippen molar-refractivity contribution in [3.63, 3.8) is 0 Å². The fourth-order valence-corrected chi connectivity index (χ4v) is 2.33. The van der Waals surface area contributed by atoms with Gasteiger partial charge in [-0.2, -0.15) is 8.42 Å². The molecular weight excluding hydrogens is 252 g/mol. The standard InChI is InChI=1S/C13H18O4S/c1-3-4-11(9-14)7-12-8-13(18(15,16)17)6-5-10(12)2/h3,5-6,8,11,14H,1,4,7,9H2,2H3,(H,15,16,17). The number of rotatable bonds is 6. The lowest BCUT2D eigenvalue weighted by atomic mass is 9.94. The number of aryl methyl sites for hydroxylation is 1. The quantitative estimate of drug-likeness (QED) is 0.612. The predicted octanol–water partition coefficient (Wildman–Crippen LogP) is 1.97. The summed E-state index contributed by atoms with van der Waals surface area (Å²) < 4.78 is 31.1. The van der Waals surface area contributed by atoms with Gasteiger partial charge in [0.05, 0.1) is 4.90 Å². The van der Waals surface area contributed by atoms with Gasteiger partial charge < -0.3 is 5.11 Å². The Balaban J connectivity index is 3.04. The summed E-state index contributed by atoms with van der Waals surface area (Å²) in [6.07, 6.45) is 2.94. The lowest BCUT2D eigenvalue weighted by Gasteiger charge is -2.14. The minimum absolute atomic E-state index is 0.0119. The van der Waals surface area contributed by atoms with Crippen molar-refractivity contribution < 1.29 is 18.1 Å². The highest BCUT2D eigenvalue weighted by Crippen LogP contribution is 2.20. The molecule has 0 heterocycles. The van der Waals surface area contributed by atoms with Crippen LogP contribution in [0.1, 0.15) is 17.5 Å². The van der Waals surface area contributed by atoms with E-state index >= 15 is 0 Å². The first-order valence-corrected chi connectivity index (χ1v) is 7.11. The molecule has 0 aromatic heterocycles. The van der Waals surface area contributed by atoms with E-state index in [1.807, 2.05) is 6.92 Å². The first-order chi connectivity index (χ1) is 8.38. The number of hydrogen-bond acceptors (Lipinski definition) is 3. The minimum Gasteiger partial charge on any atom is -0.396 e. The van der Waals surface area contributed by atoms with E-state index in [1.54, 1.807) is 12.1 Å². The van der Waals surface area contributed by atoms with Crippen molar-refractivity contribution in [2.75, 3.05) is 6.61 Å². The molecule has 5 heteroatoms. The molecule has 1 aromatic carbocycles. The van der Waals surface area contributed by atoms with Gasteiger partial charge in [0.25, 0.3) is 10.1 Å². The van der Waals surface area contributed by atoms with Gasteiger partial charge in [0.1, 0.15) is 0 Å². The number of allylic oxidation sites excluding steroid dienone is 1. The molecule has 0 saturated carbocycles. The Labute approximate surface area is 108 Å². The van der Waals surface area contributed by atoms with Gasteiger partial charge in [0, 0.05) is 6.61 Å². The van der Waals surface area contributed by atoms with Gasteiger partial charge in [0.15, 0.2) is 0 Å². The SMILES string of the molecule is C=CCC(CO)Cc1cc(S(=O)(=O)O)ccc1C. The third kappa shape index (κ3) is 3.94. The first kappa shape index (κ1) is 14.9. The van der Waals surface area contributed by atoms with E-state index in [-0.39, 0.29) is 17.4 Å². The van der Waals surface area contributed by atoms with E-state index in [0.29, 0.717) is 12.8 Å². The van der Waals surface area contributed by atoms with Gasteiger partial charge in [0.2, 0.25) is 0 Å². The monoisotopic (exact) mass is 270 g/mol. The Kier molecular flexibility index (Phi) is 5.07. The van der Waals surface area contributed by atoms with Crippen molar-refractivity contribution in [1.82, 2.24) is 0 Å². The van der Waals surface area contributed by atoms with E-state index in [0.717, 1.165) is 11.1 Å². The summed E-state index contributed by atoms with van der Waals surface area (Å²) in [5, 5.41) is 9.22. The van der Waals surface area contributed by atoms with Gasteiger partial charge >= 0.3 is 0 Å². The maximum absolute atomic E-state index is 11.1. The number of aliphatic hydroxyl groups excluding tert-OH is 1. The van der Waals surface area contributed by atoms with E-state index in [9.17, 15) is 13.5 Å². The van der Waals surface area contributed by atoms with Crippen LogP contribution >= 0.6 is 0 Å². The third-order valence-corrected chi connectivity index (χ3v) is 3.73. The molecule has 0 aliphatic carbocycles. The summed E-state index contributed by atoms with van der Waals surface area (Å²) in [5.41, 5.74) is 1.75. The fraction of sp³-hybridized carbons (Fsp3) is 0.385. The van der Waals surface area contributed by atoms with Crippen LogP contribution in [0.3, 0.4) is 0 Å². The average Bonchev–Trinajstić information content (AvgIpc) is 2.29. The Bertz CT molecular complexity index is 520. The van der Waals surface area contributed by atoms with Crippen molar-refractivity contribution in [3.05, 3.63) is 42.0 Å². The highest BCUT2D eigenvalue weighted by Gasteiger charge is 2.14. The van der Waals surface area contributed by atoms with Gasteiger partial charge in [-0.15, -0.1) is 6.58 Å². The molecule has 1 rings (SSSR count). The number of aliphatic hydroxyl groups is 1. The van der Waals surface area contributed by atoms with E-state index in [1.165, 1.54) is 12.1 Å². The second-order valence-electron chi connectivity index (χ2n) is 4.34. The molecule has 18 heavy (non-hydrogen) atoms. The lowest BCUT2D eigenvalue weighted by molar-refractivity contribution is 0.227. The topological polar surface area (TPSA) is 74.6 Å². The molecule has 2 N–H and O–H groups in total. The molecule has 0 fully saturated rings. The molecule has 0 saturated heterocycles. The van der Waals surface area contributed by atoms with Crippen LogP contribution in [-0.2, 0) is 16.5 Å². The van der Waals surface area contributed by atoms with Crippen molar-refractivity contribution in [1.29, 1.82) is 0 Å². The molecule has 1 atom stereocenters. The molecule has 0 aliphatic rings. The maximum atomic E-state index is 11.1. The summed E-state index contributed by atoms with van der Waals surface area (Å²) >= 11 is 0. The van der Waals surface area contributed by atoms with E-state index in [4.69, 9.17) is 4.55 Å². The van der Waals surface area contributed by atoms with Crippen LogP contribution in [0.25, 0.3) is 0 Å². The zero-order valence-electron chi connectivity index (χ0n) is 10.3. The smallest absolute Gasteiger partial charge is 0.294 e. The zero-order chi connectivity index (χ0) is 13.8. The second-order valence-corrected chi connectivity index (χ2v) is 5.76. The van der Waals surface area contributed by atoms with Crippen LogP contribution in [0.5, 0.6) is 0 Å². The summed E-state index contributed by atoms with van der Waals surface area (Å²) in [5.74, 6) is 0.0119. The van der Waals surface area contributed by atoms with Crippen LogP contribution in [0, 0.1) is 12.8 Å². The molecule has 0 spiro atoms. The molecule has 100 valence electrons. The van der Waals surface area contributed by atoms with Crippen LogP contribution in [0.4, 0.5) is 0 Å². The number of hydrogen-bond donors (Lipinski definition) is 2. The summed E-state index contributed by atoms with van der Waals surface area (Å²) in [6, 6.07) is 4.48. The second kappa shape index (κ2) is 6.13. The summed E-state index contributed by atoms with van der Waals surface area (Å²) in [4.78, 5) is -0.113. The highest BCUT2D eigenvalue weighted by molar-refractivity contribution is 7.85. The number of benzene rings is 1. The van der Waals surface area contributed by atoms with Crippen LogP contribution < -0.4 is 0 Å². The van der Waals surface area contributed by atoms with Crippen LogP contribution in [0.15, 0.2) is 35.7 Å². The van der Waals surface area contributed by atoms with Gasteiger partial charge in [-0.3, -0.25) is 4.55 Å². The Hall–Kier alpha value is -1.17. The first-order valence-electron chi connectivity index (χ1n) is 5.67. The van der Waals surface area contributed by atoms with Gasteiger partial charge in [-0.25, -0.2) is 0 Å². The van der Waals surface area contributed by atoms with Crippen molar-refractivity contribution >= 4 is 10.1 Å². The Morgan fingerprint density at radius 2 is 2.11 bits per heavy atom. The molecule has 0 radical (unpaired) electrons. The molecule has 0 bridgehead atoms. The summed E-state index contributed by atoms with van der Waals surface area (Å²) in [7, 11) is -4.18. The molecule has 4 nitrogen and oxygen atoms in total. The molecule has 0 aliphatic heterocycles. The minimum atomic E-state index is -4.18. The van der Waals surface area contributed by atoms with Crippen LogP contribution in [0.2, 0.25) is 0 Å². The Morgan fingerprint density at radius 3 is 2.61 bits per heavy atom. The fourth-order valence-electron chi connectivity index (χ4n) is 1.80. The van der Waals surface area contributed by atoms with Crippen molar-refractivity contribution in [2.24, 2.45) is 5.92 Å². The van der Waals surface area contributed by atoms with Crippen molar-refractivity contribution in [2.45, 2.75) is 24.7 Å². The average molecular weight is 270 g/mol. The molecule has 0 amide bonds.